The highest BCUT2D eigenvalue weighted by atomic mass is 32.1. The lowest BCUT2D eigenvalue weighted by Crippen LogP contribution is -1.99. The van der Waals surface area contributed by atoms with Gasteiger partial charge in [0.2, 0.25) is 0 Å². The van der Waals surface area contributed by atoms with Crippen molar-refractivity contribution in [3.63, 3.8) is 0 Å². The van der Waals surface area contributed by atoms with Crippen LogP contribution in [0.15, 0.2) is 162 Å². The molecule has 0 radical (unpaired) electrons. The molecule has 4 aromatic heterocycles. The Bertz CT molecular complexity index is 3600. The van der Waals surface area contributed by atoms with Crippen LogP contribution in [0.5, 0.6) is 0 Å². The van der Waals surface area contributed by atoms with Gasteiger partial charge in [-0.1, -0.05) is 109 Å². The number of hydrogen-bond acceptors (Lipinski definition) is 5. The third-order valence-corrected chi connectivity index (χ3v) is 10.4. The van der Waals surface area contributed by atoms with Crippen molar-refractivity contribution in [2.45, 2.75) is 0 Å². The summed E-state index contributed by atoms with van der Waals surface area (Å²) >= 11 is 1.55. The molecule has 0 amide bonds. The summed E-state index contributed by atoms with van der Waals surface area (Å²) < 4.78 is 94.5. The Hall–Kier alpha value is -6.63. The Morgan fingerprint density at radius 1 is 0.471 bits per heavy atom. The zero-order valence-electron chi connectivity index (χ0n) is 36.3. The number of nitrogens with zero attached hydrogens (tertiary/aromatic N) is 4. The van der Waals surface area contributed by atoms with Crippen LogP contribution in [0.25, 0.3) is 104 Å². The van der Waals surface area contributed by atoms with Crippen molar-refractivity contribution in [2.24, 2.45) is 0 Å². The predicted octanol–water partition coefficient (Wildman–Crippen LogP) is 12.2. The van der Waals surface area contributed by atoms with E-state index in [4.69, 9.17) is 18.1 Å². The molecular weight excluding hydrogens is 645 g/mol. The van der Waals surface area contributed by atoms with Crippen molar-refractivity contribution >= 4 is 75.3 Å². The first-order chi connectivity index (χ1) is 29.4. The summed E-state index contributed by atoms with van der Waals surface area (Å²) in [6.07, 6.45) is 0. The van der Waals surface area contributed by atoms with Crippen LogP contribution < -0.4 is 0 Å². The number of thiophene rings is 1. The summed E-state index contributed by atoms with van der Waals surface area (Å²) in [5.74, 6) is -0.604. The Morgan fingerprint density at radius 3 is 1.92 bits per heavy atom. The maximum Gasteiger partial charge on any atom is 0.164 e. The average molecular weight is 681 g/mol. The maximum atomic E-state index is 8.65. The zero-order chi connectivity index (χ0) is 42.2. The van der Waals surface area contributed by atoms with Crippen LogP contribution >= 0.6 is 11.3 Å². The number of rotatable bonds is 4. The van der Waals surface area contributed by atoms with E-state index in [1.807, 2.05) is 42.5 Å². The van der Waals surface area contributed by atoms with Gasteiger partial charge in [-0.25, -0.2) is 15.0 Å². The Morgan fingerprint density at radius 2 is 1.16 bits per heavy atom. The van der Waals surface area contributed by atoms with E-state index in [-0.39, 0.29) is 28.6 Å². The fraction of sp³-hybridized carbons (Fsp3) is 0. The summed E-state index contributed by atoms with van der Waals surface area (Å²) in [6, 6.07) is 26.8. The lowest BCUT2D eigenvalue weighted by molar-refractivity contribution is 0.669. The zero-order valence-corrected chi connectivity index (χ0v) is 27.2. The quantitative estimate of drug-likeness (QED) is 0.186. The minimum Gasteiger partial charge on any atom is -0.456 e. The van der Waals surface area contributed by atoms with Gasteiger partial charge in [-0.3, -0.25) is 0 Å². The first-order valence-electron chi connectivity index (χ1n) is 21.1. The standard InChI is InChI=1S/C45H26N4OS/c1-3-11-27(12-4-1)43-46-44(28-13-5-2-6-14-28)48-45(47-43)29-19-21-33-36-24-30(20-22-41(36)51-42(33)23-29)49-37-17-9-7-15-31(37)34-25-35-32-16-8-10-18-39(32)50-40(35)26-38(34)49/h1-26H/i1D,2D,3D,4D,5D,6D,11D,12D,13D,14D. The van der Waals surface area contributed by atoms with Gasteiger partial charge in [0.05, 0.1) is 24.7 Å². The largest absolute Gasteiger partial charge is 0.456 e. The highest BCUT2D eigenvalue weighted by molar-refractivity contribution is 7.25. The van der Waals surface area contributed by atoms with Gasteiger partial charge in [-0.05, 0) is 42.5 Å². The summed E-state index contributed by atoms with van der Waals surface area (Å²) in [5.41, 5.74) is 4.50. The van der Waals surface area contributed by atoms with E-state index in [0.717, 1.165) is 69.6 Å². The van der Waals surface area contributed by atoms with Crippen LogP contribution in [-0.2, 0) is 0 Å². The molecule has 0 bridgehead atoms. The second-order valence-electron chi connectivity index (χ2n) is 12.1. The molecule has 0 aliphatic heterocycles. The number of benzene rings is 7. The molecule has 238 valence electrons. The van der Waals surface area contributed by atoms with Crippen molar-refractivity contribution in [1.82, 2.24) is 19.5 Å². The van der Waals surface area contributed by atoms with Gasteiger partial charge in [-0.2, -0.15) is 0 Å². The molecule has 0 fully saturated rings. The van der Waals surface area contributed by atoms with Gasteiger partial charge < -0.3 is 8.98 Å². The molecule has 51 heavy (non-hydrogen) atoms. The fourth-order valence-electron chi connectivity index (χ4n) is 6.96. The maximum absolute atomic E-state index is 8.65. The highest BCUT2D eigenvalue weighted by Gasteiger charge is 2.18. The lowest BCUT2D eigenvalue weighted by atomic mass is 10.1. The minimum atomic E-state index is -0.600. The van der Waals surface area contributed by atoms with E-state index in [2.05, 4.69) is 68.0 Å². The van der Waals surface area contributed by atoms with Gasteiger partial charge in [0.15, 0.2) is 17.5 Å². The first-order valence-corrected chi connectivity index (χ1v) is 16.9. The Balaban J connectivity index is 1.10. The van der Waals surface area contributed by atoms with Crippen molar-refractivity contribution in [3.05, 3.63) is 157 Å². The van der Waals surface area contributed by atoms with E-state index in [1.54, 1.807) is 17.4 Å². The molecule has 6 heteroatoms. The molecule has 11 aromatic rings. The molecule has 0 saturated carbocycles. The number of aromatic nitrogens is 4. The Labute approximate surface area is 309 Å². The Kier molecular flexibility index (Phi) is 4.32. The molecule has 0 saturated heterocycles. The summed E-state index contributed by atoms with van der Waals surface area (Å²) in [6.45, 7) is 0. The molecule has 11 rings (SSSR count). The van der Waals surface area contributed by atoms with Crippen LogP contribution in [0, 0.1) is 0 Å². The number of furan rings is 1. The summed E-state index contributed by atoms with van der Waals surface area (Å²) in [5, 5.41) is 6.31. The van der Waals surface area contributed by atoms with Gasteiger partial charge in [0, 0.05) is 70.2 Å². The number of para-hydroxylation sites is 2. The van der Waals surface area contributed by atoms with Gasteiger partial charge in [-0.15, -0.1) is 11.3 Å². The van der Waals surface area contributed by atoms with E-state index in [9.17, 15) is 0 Å². The van der Waals surface area contributed by atoms with E-state index < -0.39 is 60.4 Å². The molecule has 5 nitrogen and oxygen atoms in total. The molecule has 0 N–H and O–H groups in total. The van der Waals surface area contributed by atoms with E-state index >= 15 is 0 Å². The van der Waals surface area contributed by atoms with Crippen LogP contribution in [0.3, 0.4) is 0 Å². The molecule has 0 aliphatic carbocycles. The molecule has 0 spiro atoms. The lowest BCUT2D eigenvalue weighted by Gasteiger charge is -2.09. The number of fused-ring (bicyclic) bond motifs is 9. The molecule has 4 heterocycles. The third kappa shape index (κ3) is 4.43. The predicted molar refractivity (Wildman–Crippen MR) is 211 cm³/mol. The topological polar surface area (TPSA) is 56.7 Å². The third-order valence-electron chi connectivity index (χ3n) is 9.22. The van der Waals surface area contributed by atoms with Gasteiger partial charge in [0.25, 0.3) is 0 Å². The smallest absolute Gasteiger partial charge is 0.164 e. The molecule has 0 unspecified atom stereocenters. The average Bonchev–Trinajstić information content (AvgIpc) is 3.93. The van der Waals surface area contributed by atoms with E-state index in [1.165, 1.54) is 0 Å². The molecule has 7 aromatic carbocycles. The molecular formula is C45H26N4OS. The summed E-state index contributed by atoms with van der Waals surface area (Å²) in [4.78, 5) is 13.6. The normalized spacial score (nSPS) is 14.7. The second-order valence-corrected chi connectivity index (χ2v) is 13.2. The second kappa shape index (κ2) is 10.9. The van der Waals surface area contributed by atoms with Crippen molar-refractivity contribution in [3.8, 4) is 39.9 Å². The molecule has 0 atom stereocenters. The van der Waals surface area contributed by atoms with E-state index in [0.29, 0.717) is 5.56 Å². The fourth-order valence-corrected chi connectivity index (χ4v) is 8.09. The minimum absolute atomic E-state index is 0.0147. The van der Waals surface area contributed by atoms with Gasteiger partial charge >= 0.3 is 0 Å². The van der Waals surface area contributed by atoms with Gasteiger partial charge in [0.1, 0.15) is 11.2 Å². The van der Waals surface area contributed by atoms with Crippen molar-refractivity contribution in [1.29, 1.82) is 0 Å². The monoisotopic (exact) mass is 680 g/mol. The van der Waals surface area contributed by atoms with Crippen molar-refractivity contribution < 1.29 is 18.1 Å². The number of hydrogen-bond donors (Lipinski definition) is 0. The van der Waals surface area contributed by atoms with Crippen LogP contribution in [-0.4, -0.2) is 19.5 Å². The SMILES string of the molecule is [2H]c1c([2H])c([2H])c(-c2nc(-c3ccc4c(c3)sc3ccc(-n5c6ccccc6c6cc7c(cc65)oc5ccccc57)cc34)nc(-c3c([2H])c([2H])c([2H])c([2H])c3[2H])n2)c([2H])c1[2H]. The van der Waals surface area contributed by atoms with Crippen LogP contribution in [0.1, 0.15) is 13.7 Å². The van der Waals surface area contributed by atoms with Crippen molar-refractivity contribution in [2.75, 3.05) is 0 Å². The summed E-state index contributed by atoms with van der Waals surface area (Å²) in [7, 11) is 0. The van der Waals surface area contributed by atoms with Crippen LogP contribution in [0.4, 0.5) is 0 Å². The highest BCUT2D eigenvalue weighted by Crippen LogP contribution is 2.41. The van der Waals surface area contributed by atoms with Crippen LogP contribution in [0.2, 0.25) is 0 Å². The first kappa shape index (κ1) is 20.1. The molecule has 0 aliphatic rings.